The Balaban J connectivity index is 1.98. The minimum absolute atomic E-state index is 0.0728. The van der Waals surface area contributed by atoms with E-state index in [9.17, 15) is 18.7 Å². The molecule has 0 aliphatic heterocycles. The highest BCUT2D eigenvalue weighted by molar-refractivity contribution is 5.94. The highest BCUT2D eigenvalue weighted by atomic mass is 19.3. The number of rotatable bonds is 7. The summed E-state index contributed by atoms with van der Waals surface area (Å²) in [5, 5.41) is 12.9. The summed E-state index contributed by atoms with van der Waals surface area (Å²) in [6, 6.07) is 6.01. The van der Waals surface area contributed by atoms with Crippen LogP contribution in [-0.4, -0.2) is 35.6 Å². The van der Waals surface area contributed by atoms with E-state index >= 15 is 0 Å². The molecule has 1 unspecified atom stereocenters. The minimum atomic E-state index is -2.63. The maximum Gasteiger partial charge on any atom is 0.272 e. The zero-order valence-corrected chi connectivity index (χ0v) is 13.3. The number of nitrogens with zero attached hydrogens (tertiary/aromatic N) is 1. The number of furan rings is 1. The van der Waals surface area contributed by atoms with Gasteiger partial charge in [0.25, 0.3) is 12.3 Å². The van der Waals surface area contributed by atoms with E-state index in [-0.39, 0.29) is 18.0 Å². The summed E-state index contributed by atoms with van der Waals surface area (Å²) >= 11 is 0. The largest absolute Gasteiger partial charge is 0.472 e. The standard InChI is InChI=1S/C16H18F2N2O4/c1-10-3-4-12(24-10)16(2,22)9-20-15(21)11-5-6-19-14(7-11)23-8-13(17)18/h3-7,13,22H,8-9H2,1-2H3,(H,20,21). The topological polar surface area (TPSA) is 84.6 Å². The summed E-state index contributed by atoms with van der Waals surface area (Å²) in [4.78, 5) is 15.9. The highest BCUT2D eigenvalue weighted by Gasteiger charge is 2.27. The maximum atomic E-state index is 12.1. The summed E-state index contributed by atoms with van der Waals surface area (Å²) in [6.45, 7) is 2.37. The molecule has 0 fully saturated rings. The number of pyridine rings is 1. The number of alkyl halides is 2. The van der Waals surface area contributed by atoms with E-state index in [1.807, 2.05) is 0 Å². The Bertz CT molecular complexity index is 701. The number of hydrogen-bond acceptors (Lipinski definition) is 5. The fraction of sp³-hybridized carbons (Fsp3) is 0.375. The van der Waals surface area contributed by atoms with Crippen LogP contribution in [0.1, 0.15) is 28.8 Å². The molecule has 2 N–H and O–H groups in total. The van der Waals surface area contributed by atoms with Gasteiger partial charge in [-0.2, -0.15) is 0 Å². The quantitative estimate of drug-likeness (QED) is 0.808. The van der Waals surface area contributed by atoms with Gasteiger partial charge in [-0.3, -0.25) is 4.79 Å². The molecule has 0 aliphatic rings. The third-order valence-corrected chi connectivity index (χ3v) is 3.22. The monoisotopic (exact) mass is 340 g/mol. The van der Waals surface area contributed by atoms with Gasteiger partial charge in [0.1, 0.15) is 17.1 Å². The van der Waals surface area contributed by atoms with Crippen LogP contribution in [0, 0.1) is 6.92 Å². The lowest BCUT2D eigenvalue weighted by molar-refractivity contribution is 0.0323. The van der Waals surface area contributed by atoms with Crippen LogP contribution in [0.5, 0.6) is 5.88 Å². The van der Waals surface area contributed by atoms with E-state index in [1.54, 1.807) is 19.1 Å². The number of amides is 1. The first-order valence-corrected chi connectivity index (χ1v) is 7.22. The van der Waals surface area contributed by atoms with Crippen molar-refractivity contribution < 1.29 is 27.8 Å². The first-order valence-electron chi connectivity index (χ1n) is 7.22. The molecule has 0 bridgehead atoms. The SMILES string of the molecule is Cc1ccc(C(C)(O)CNC(=O)c2ccnc(OCC(F)F)c2)o1. The Hall–Kier alpha value is -2.48. The maximum absolute atomic E-state index is 12.1. The number of aromatic nitrogens is 1. The molecule has 24 heavy (non-hydrogen) atoms. The summed E-state index contributed by atoms with van der Waals surface area (Å²) in [7, 11) is 0. The van der Waals surface area contributed by atoms with E-state index < -0.39 is 24.5 Å². The van der Waals surface area contributed by atoms with Crippen LogP contribution >= 0.6 is 0 Å². The van der Waals surface area contributed by atoms with Crippen molar-refractivity contribution in [1.29, 1.82) is 0 Å². The Labute approximate surface area is 137 Å². The smallest absolute Gasteiger partial charge is 0.272 e. The Kier molecular flexibility index (Phi) is 5.50. The van der Waals surface area contributed by atoms with Crippen LogP contribution in [0.15, 0.2) is 34.9 Å². The molecule has 2 aromatic heterocycles. The molecule has 2 rings (SSSR count). The van der Waals surface area contributed by atoms with Gasteiger partial charge in [-0.1, -0.05) is 0 Å². The molecule has 0 aromatic carbocycles. The third kappa shape index (κ3) is 4.76. The Morgan fingerprint density at radius 3 is 2.83 bits per heavy atom. The number of ether oxygens (including phenoxy) is 1. The van der Waals surface area contributed by atoms with E-state index in [0.717, 1.165) is 0 Å². The lowest BCUT2D eigenvalue weighted by Gasteiger charge is -2.21. The van der Waals surface area contributed by atoms with Crippen LogP contribution in [-0.2, 0) is 5.60 Å². The van der Waals surface area contributed by atoms with Crippen LogP contribution in [0.2, 0.25) is 0 Å². The average molecular weight is 340 g/mol. The van der Waals surface area contributed by atoms with Crippen molar-refractivity contribution in [2.45, 2.75) is 25.9 Å². The van der Waals surface area contributed by atoms with Gasteiger partial charge in [-0.25, -0.2) is 13.8 Å². The molecule has 0 saturated heterocycles. The average Bonchev–Trinajstić information content (AvgIpc) is 2.98. The van der Waals surface area contributed by atoms with Gasteiger partial charge in [-0.05, 0) is 32.0 Å². The molecular formula is C16H18F2N2O4. The number of hydrogen-bond donors (Lipinski definition) is 2. The number of halogens is 2. The molecule has 130 valence electrons. The van der Waals surface area contributed by atoms with Crippen molar-refractivity contribution in [3.63, 3.8) is 0 Å². The van der Waals surface area contributed by atoms with Crippen LogP contribution in [0.3, 0.4) is 0 Å². The number of carbonyl (C=O) groups excluding carboxylic acids is 1. The van der Waals surface area contributed by atoms with Gasteiger partial charge in [-0.15, -0.1) is 0 Å². The predicted molar refractivity (Wildman–Crippen MR) is 81.1 cm³/mol. The van der Waals surface area contributed by atoms with Gasteiger partial charge >= 0.3 is 0 Å². The lowest BCUT2D eigenvalue weighted by atomic mass is 10.0. The number of carbonyl (C=O) groups is 1. The summed E-state index contributed by atoms with van der Waals surface area (Å²) in [5.41, 5.74) is -1.20. The van der Waals surface area contributed by atoms with Gasteiger partial charge in [0.2, 0.25) is 5.88 Å². The van der Waals surface area contributed by atoms with Crippen LogP contribution in [0.4, 0.5) is 8.78 Å². The fourth-order valence-corrected chi connectivity index (χ4v) is 1.94. The molecule has 2 heterocycles. The van der Waals surface area contributed by atoms with Crippen molar-refractivity contribution in [1.82, 2.24) is 10.3 Å². The number of nitrogens with one attached hydrogen (secondary N) is 1. The Morgan fingerprint density at radius 2 is 2.21 bits per heavy atom. The molecule has 1 atom stereocenters. The second-order valence-corrected chi connectivity index (χ2v) is 5.45. The van der Waals surface area contributed by atoms with Gasteiger partial charge < -0.3 is 19.6 Å². The number of aryl methyl sites for hydroxylation is 1. The van der Waals surface area contributed by atoms with E-state index in [2.05, 4.69) is 10.3 Å². The van der Waals surface area contributed by atoms with Gasteiger partial charge in [0, 0.05) is 17.8 Å². The fourth-order valence-electron chi connectivity index (χ4n) is 1.94. The molecule has 0 saturated carbocycles. The first-order chi connectivity index (χ1) is 11.3. The lowest BCUT2D eigenvalue weighted by Crippen LogP contribution is -2.38. The number of aliphatic hydroxyl groups is 1. The molecular weight excluding hydrogens is 322 g/mol. The Morgan fingerprint density at radius 1 is 1.46 bits per heavy atom. The van der Waals surface area contributed by atoms with Gasteiger partial charge in [0.15, 0.2) is 6.61 Å². The zero-order chi connectivity index (χ0) is 17.7. The second kappa shape index (κ2) is 7.39. The summed E-state index contributed by atoms with van der Waals surface area (Å²) in [6.07, 6.45) is -1.35. The van der Waals surface area contributed by atoms with Crippen molar-refractivity contribution >= 4 is 5.91 Å². The molecule has 8 heteroatoms. The highest BCUT2D eigenvalue weighted by Crippen LogP contribution is 2.22. The van der Waals surface area contributed by atoms with Gasteiger partial charge in [0.05, 0.1) is 6.54 Å². The second-order valence-electron chi connectivity index (χ2n) is 5.45. The van der Waals surface area contributed by atoms with Crippen LogP contribution in [0.25, 0.3) is 0 Å². The normalized spacial score (nSPS) is 13.6. The first kappa shape index (κ1) is 17.9. The van der Waals surface area contributed by atoms with E-state index in [4.69, 9.17) is 9.15 Å². The van der Waals surface area contributed by atoms with Crippen molar-refractivity contribution in [3.8, 4) is 5.88 Å². The molecule has 1 amide bonds. The molecule has 0 radical (unpaired) electrons. The van der Waals surface area contributed by atoms with Crippen molar-refractivity contribution in [3.05, 3.63) is 47.5 Å². The third-order valence-electron chi connectivity index (χ3n) is 3.22. The molecule has 0 aliphatic carbocycles. The molecule has 0 spiro atoms. The van der Waals surface area contributed by atoms with E-state index in [0.29, 0.717) is 11.5 Å². The van der Waals surface area contributed by atoms with Crippen molar-refractivity contribution in [2.75, 3.05) is 13.2 Å². The van der Waals surface area contributed by atoms with Crippen LogP contribution < -0.4 is 10.1 Å². The summed E-state index contributed by atoms with van der Waals surface area (Å²) < 4.78 is 34.4. The molecule has 6 nitrogen and oxygen atoms in total. The summed E-state index contributed by atoms with van der Waals surface area (Å²) in [5.74, 6) is 0.404. The van der Waals surface area contributed by atoms with E-state index in [1.165, 1.54) is 25.3 Å². The predicted octanol–water partition coefficient (Wildman–Crippen LogP) is 2.26. The zero-order valence-electron chi connectivity index (χ0n) is 13.3. The molecule has 2 aromatic rings. The van der Waals surface area contributed by atoms with Crippen molar-refractivity contribution in [2.24, 2.45) is 0 Å². The minimum Gasteiger partial charge on any atom is -0.472 e.